The predicted octanol–water partition coefficient (Wildman–Crippen LogP) is 2.99. The van der Waals surface area contributed by atoms with E-state index in [1.807, 2.05) is 6.07 Å². The van der Waals surface area contributed by atoms with Crippen LogP contribution in [0.1, 0.15) is 28.4 Å². The highest BCUT2D eigenvalue weighted by Gasteiger charge is 1.97. The van der Waals surface area contributed by atoms with E-state index < -0.39 is 0 Å². The van der Waals surface area contributed by atoms with Gasteiger partial charge in [-0.3, -0.25) is 4.79 Å². The Kier molecular flexibility index (Phi) is 3.45. The van der Waals surface area contributed by atoms with Crippen LogP contribution in [0.4, 0.5) is 0 Å². The van der Waals surface area contributed by atoms with E-state index in [9.17, 15) is 9.90 Å². The molecule has 0 heterocycles. The zero-order valence-corrected chi connectivity index (χ0v) is 9.97. The van der Waals surface area contributed by atoms with Crippen molar-refractivity contribution in [2.75, 3.05) is 0 Å². The molecular weight excluding hydrogens is 224 g/mol. The van der Waals surface area contributed by atoms with Gasteiger partial charge in [0.15, 0.2) is 5.78 Å². The summed E-state index contributed by atoms with van der Waals surface area (Å²) in [5.74, 6) is 6.05. The number of aromatic hydroxyl groups is 1. The SMILES string of the molecule is CC(=O)c1ccc(C#Cc2ccccc2O)cc1. The Bertz CT molecular complexity index is 628. The molecule has 2 heteroatoms. The van der Waals surface area contributed by atoms with Gasteiger partial charge < -0.3 is 5.11 Å². The van der Waals surface area contributed by atoms with Crippen LogP contribution in [-0.2, 0) is 0 Å². The van der Waals surface area contributed by atoms with E-state index in [2.05, 4.69) is 11.8 Å². The Balaban J connectivity index is 2.25. The lowest BCUT2D eigenvalue weighted by molar-refractivity contribution is 0.101. The fourth-order valence-electron chi connectivity index (χ4n) is 1.51. The molecule has 2 rings (SSSR count). The Hall–Kier alpha value is -2.53. The van der Waals surface area contributed by atoms with Gasteiger partial charge in [0.2, 0.25) is 0 Å². The maximum Gasteiger partial charge on any atom is 0.159 e. The largest absolute Gasteiger partial charge is 0.507 e. The van der Waals surface area contributed by atoms with E-state index in [0.717, 1.165) is 5.56 Å². The normalized spacial score (nSPS) is 9.39. The number of phenols is 1. The van der Waals surface area contributed by atoms with Crippen molar-refractivity contribution in [3.05, 3.63) is 65.2 Å². The topological polar surface area (TPSA) is 37.3 Å². The molecular formula is C16H12O2. The molecule has 0 saturated heterocycles. The maximum absolute atomic E-state index is 11.1. The lowest BCUT2D eigenvalue weighted by Crippen LogP contribution is -1.90. The molecule has 0 aromatic heterocycles. The first-order valence-corrected chi connectivity index (χ1v) is 5.58. The highest BCUT2D eigenvalue weighted by Crippen LogP contribution is 2.14. The number of hydrogen-bond acceptors (Lipinski definition) is 2. The van der Waals surface area contributed by atoms with E-state index in [1.165, 1.54) is 6.92 Å². The molecule has 0 spiro atoms. The lowest BCUT2D eigenvalue weighted by atomic mass is 10.1. The number of hydrogen-bond donors (Lipinski definition) is 1. The van der Waals surface area contributed by atoms with Gasteiger partial charge in [0.25, 0.3) is 0 Å². The average molecular weight is 236 g/mol. The quantitative estimate of drug-likeness (QED) is 0.610. The second kappa shape index (κ2) is 5.20. The van der Waals surface area contributed by atoms with Gasteiger partial charge in [-0.05, 0) is 31.2 Å². The van der Waals surface area contributed by atoms with Crippen LogP contribution in [0.15, 0.2) is 48.5 Å². The van der Waals surface area contributed by atoms with Crippen LogP contribution in [-0.4, -0.2) is 10.9 Å². The molecule has 0 radical (unpaired) electrons. The highest BCUT2D eigenvalue weighted by molar-refractivity contribution is 5.94. The Morgan fingerprint density at radius 2 is 1.67 bits per heavy atom. The van der Waals surface area contributed by atoms with Crippen LogP contribution in [0, 0.1) is 11.8 Å². The molecule has 0 fully saturated rings. The van der Waals surface area contributed by atoms with Crippen LogP contribution < -0.4 is 0 Å². The third-order valence-corrected chi connectivity index (χ3v) is 2.54. The van der Waals surface area contributed by atoms with Crippen molar-refractivity contribution in [1.29, 1.82) is 0 Å². The molecule has 2 aromatic carbocycles. The van der Waals surface area contributed by atoms with Gasteiger partial charge in [-0.25, -0.2) is 0 Å². The molecule has 0 amide bonds. The summed E-state index contributed by atoms with van der Waals surface area (Å²) in [6, 6.07) is 14.0. The molecule has 88 valence electrons. The van der Waals surface area contributed by atoms with E-state index in [0.29, 0.717) is 11.1 Å². The summed E-state index contributed by atoms with van der Waals surface area (Å²) in [4.78, 5) is 11.1. The molecule has 0 aliphatic rings. The standard InChI is InChI=1S/C16H12O2/c1-12(17)14-9-6-13(7-10-14)8-11-15-4-2-3-5-16(15)18/h2-7,9-10,18H,1H3. The molecule has 0 atom stereocenters. The number of benzene rings is 2. The van der Waals surface area contributed by atoms with E-state index >= 15 is 0 Å². The smallest absolute Gasteiger partial charge is 0.159 e. The minimum atomic E-state index is 0.0372. The van der Waals surface area contributed by atoms with Gasteiger partial charge in [-0.15, -0.1) is 0 Å². The van der Waals surface area contributed by atoms with Gasteiger partial charge in [-0.2, -0.15) is 0 Å². The number of carbonyl (C=O) groups excluding carboxylic acids is 1. The van der Waals surface area contributed by atoms with Crippen LogP contribution in [0.2, 0.25) is 0 Å². The summed E-state index contributed by atoms with van der Waals surface area (Å²) < 4.78 is 0. The molecule has 2 nitrogen and oxygen atoms in total. The first-order chi connectivity index (χ1) is 8.66. The first-order valence-electron chi connectivity index (χ1n) is 5.58. The van der Waals surface area contributed by atoms with Crippen molar-refractivity contribution < 1.29 is 9.90 Å². The Morgan fingerprint density at radius 3 is 2.28 bits per heavy atom. The summed E-state index contributed by atoms with van der Waals surface area (Å²) in [7, 11) is 0. The van der Waals surface area contributed by atoms with Crippen molar-refractivity contribution in [3.8, 4) is 17.6 Å². The number of phenolic OH excluding ortho intramolecular Hbond substituents is 1. The third-order valence-electron chi connectivity index (χ3n) is 2.54. The van der Waals surface area contributed by atoms with E-state index in [4.69, 9.17) is 0 Å². The second-order valence-electron chi connectivity index (χ2n) is 3.90. The van der Waals surface area contributed by atoms with Crippen LogP contribution in [0.5, 0.6) is 5.75 Å². The van der Waals surface area contributed by atoms with Crippen molar-refractivity contribution >= 4 is 5.78 Å². The van der Waals surface area contributed by atoms with Crippen molar-refractivity contribution in [2.45, 2.75) is 6.92 Å². The van der Waals surface area contributed by atoms with Crippen LogP contribution in [0.25, 0.3) is 0 Å². The summed E-state index contributed by atoms with van der Waals surface area (Å²) in [6.45, 7) is 1.53. The number of ketones is 1. The molecule has 0 bridgehead atoms. The Labute approximate surface area is 106 Å². The fourth-order valence-corrected chi connectivity index (χ4v) is 1.51. The van der Waals surface area contributed by atoms with Crippen molar-refractivity contribution in [2.24, 2.45) is 0 Å². The van der Waals surface area contributed by atoms with Crippen molar-refractivity contribution in [1.82, 2.24) is 0 Å². The third kappa shape index (κ3) is 2.78. The van der Waals surface area contributed by atoms with E-state index in [1.54, 1.807) is 42.5 Å². The lowest BCUT2D eigenvalue weighted by Gasteiger charge is -1.96. The van der Waals surface area contributed by atoms with Crippen LogP contribution in [0.3, 0.4) is 0 Å². The van der Waals surface area contributed by atoms with Gasteiger partial charge in [0.1, 0.15) is 5.75 Å². The molecule has 0 unspecified atom stereocenters. The number of rotatable bonds is 1. The van der Waals surface area contributed by atoms with Gasteiger partial charge in [0.05, 0.1) is 5.56 Å². The Morgan fingerprint density at radius 1 is 1.00 bits per heavy atom. The van der Waals surface area contributed by atoms with E-state index in [-0.39, 0.29) is 11.5 Å². The molecule has 18 heavy (non-hydrogen) atoms. The minimum Gasteiger partial charge on any atom is -0.507 e. The van der Waals surface area contributed by atoms with Gasteiger partial charge in [-0.1, -0.05) is 36.1 Å². The zero-order valence-electron chi connectivity index (χ0n) is 9.97. The number of Topliss-reactive ketones (excluding diaryl/α,β-unsaturated/α-hetero) is 1. The monoisotopic (exact) mass is 236 g/mol. The minimum absolute atomic E-state index is 0.0372. The summed E-state index contributed by atoms with van der Waals surface area (Å²) in [6.07, 6.45) is 0. The molecule has 1 N–H and O–H groups in total. The fraction of sp³-hybridized carbons (Fsp3) is 0.0625. The van der Waals surface area contributed by atoms with Gasteiger partial charge in [0, 0.05) is 11.1 Å². The summed E-state index contributed by atoms with van der Waals surface area (Å²) >= 11 is 0. The van der Waals surface area contributed by atoms with Crippen molar-refractivity contribution in [3.63, 3.8) is 0 Å². The zero-order chi connectivity index (χ0) is 13.0. The number of para-hydroxylation sites is 1. The summed E-state index contributed by atoms with van der Waals surface area (Å²) in [5.41, 5.74) is 2.07. The molecule has 0 aliphatic heterocycles. The van der Waals surface area contributed by atoms with Gasteiger partial charge >= 0.3 is 0 Å². The second-order valence-corrected chi connectivity index (χ2v) is 3.90. The number of carbonyl (C=O) groups is 1. The molecule has 0 aliphatic carbocycles. The molecule has 0 saturated carbocycles. The maximum atomic E-state index is 11.1. The summed E-state index contributed by atoms with van der Waals surface area (Å²) in [5, 5.41) is 9.56. The van der Waals surface area contributed by atoms with Crippen LogP contribution >= 0.6 is 0 Å². The average Bonchev–Trinajstić information content (AvgIpc) is 2.38. The molecule has 2 aromatic rings. The highest BCUT2D eigenvalue weighted by atomic mass is 16.3. The predicted molar refractivity (Wildman–Crippen MR) is 70.5 cm³/mol. The first kappa shape index (κ1) is 11.9.